The second kappa shape index (κ2) is 5.80. The van der Waals surface area contributed by atoms with Gasteiger partial charge >= 0.3 is 5.69 Å². The zero-order valence-corrected chi connectivity index (χ0v) is 9.71. The SMILES string of the molecule is O=c1ncccn1Cc1ccccc1C#CCO. The summed E-state index contributed by atoms with van der Waals surface area (Å²) in [6.45, 7) is 0.240. The van der Waals surface area contributed by atoms with E-state index in [0.717, 1.165) is 11.1 Å². The molecule has 0 fully saturated rings. The lowest BCUT2D eigenvalue weighted by Gasteiger charge is -2.06. The van der Waals surface area contributed by atoms with Crippen LogP contribution in [0.25, 0.3) is 0 Å². The maximum Gasteiger partial charge on any atom is 0.347 e. The molecule has 90 valence electrons. The van der Waals surface area contributed by atoms with E-state index in [9.17, 15) is 4.79 Å². The van der Waals surface area contributed by atoms with Gasteiger partial charge in [-0.25, -0.2) is 9.78 Å². The fourth-order valence-electron chi connectivity index (χ4n) is 1.61. The Morgan fingerprint density at radius 3 is 2.89 bits per heavy atom. The smallest absolute Gasteiger partial charge is 0.347 e. The highest BCUT2D eigenvalue weighted by Gasteiger charge is 2.01. The van der Waals surface area contributed by atoms with Gasteiger partial charge in [0.2, 0.25) is 0 Å². The fraction of sp³-hybridized carbons (Fsp3) is 0.143. The van der Waals surface area contributed by atoms with Crippen molar-refractivity contribution in [3.8, 4) is 11.8 Å². The van der Waals surface area contributed by atoms with Crippen LogP contribution in [0.2, 0.25) is 0 Å². The average molecular weight is 240 g/mol. The number of aromatic nitrogens is 2. The van der Waals surface area contributed by atoms with Crippen LogP contribution >= 0.6 is 0 Å². The van der Waals surface area contributed by atoms with Gasteiger partial charge in [0.1, 0.15) is 6.61 Å². The number of aliphatic hydroxyl groups is 1. The first kappa shape index (κ1) is 12.1. The van der Waals surface area contributed by atoms with Gasteiger partial charge < -0.3 is 5.11 Å². The highest BCUT2D eigenvalue weighted by Crippen LogP contribution is 2.08. The molecule has 18 heavy (non-hydrogen) atoms. The molecule has 4 heteroatoms. The predicted octanol–water partition coefficient (Wildman–Crippen LogP) is 0.635. The molecule has 0 unspecified atom stereocenters. The number of benzene rings is 1. The first-order chi connectivity index (χ1) is 8.81. The molecule has 2 rings (SSSR count). The zero-order chi connectivity index (χ0) is 12.8. The summed E-state index contributed by atoms with van der Waals surface area (Å²) in [7, 11) is 0. The molecule has 0 aliphatic rings. The van der Waals surface area contributed by atoms with E-state index in [1.807, 2.05) is 24.3 Å². The van der Waals surface area contributed by atoms with E-state index in [4.69, 9.17) is 5.11 Å². The standard InChI is InChI=1S/C14H12N2O2/c17-10-3-7-12-5-1-2-6-13(12)11-16-9-4-8-15-14(16)18/h1-2,4-6,8-9,17H,10-11H2. The van der Waals surface area contributed by atoms with Crippen molar-refractivity contribution in [2.24, 2.45) is 0 Å². The number of aliphatic hydroxyl groups excluding tert-OH is 1. The van der Waals surface area contributed by atoms with Crippen LogP contribution in [-0.4, -0.2) is 21.3 Å². The van der Waals surface area contributed by atoms with Gasteiger partial charge in [-0.15, -0.1) is 0 Å². The van der Waals surface area contributed by atoms with Crippen molar-refractivity contribution in [2.75, 3.05) is 6.61 Å². The van der Waals surface area contributed by atoms with Crippen LogP contribution in [0.5, 0.6) is 0 Å². The number of hydrogen-bond acceptors (Lipinski definition) is 3. The van der Waals surface area contributed by atoms with Gasteiger partial charge in [0.15, 0.2) is 0 Å². The van der Waals surface area contributed by atoms with Crippen molar-refractivity contribution in [3.05, 3.63) is 64.3 Å². The highest BCUT2D eigenvalue weighted by atomic mass is 16.2. The lowest BCUT2D eigenvalue weighted by atomic mass is 10.1. The van der Waals surface area contributed by atoms with Gasteiger partial charge in [0, 0.05) is 18.0 Å². The summed E-state index contributed by atoms with van der Waals surface area (Å²) in [5.41, 5.74) is 1.44. The average Bonchev–Trinajstić information content (AvgIpc) is 2.40. The third-order valence-electron chi connectivity index (χ3n) is 2.44. The Bertz CT molecular complexity index is 650. The summed E-state index contributed by atoms with van der Waals surface area (Å²) < 4.78 is 1.51. The van der Waals surface area contributed by atoms with Crippen LogP contribution in [0, 0.1) is 11.8 Å². The molecular weight excluding hydrogens is 228 g/mol. The molecule has 1 N–H and O–H groups in total. The minimum absolute atomic E-state index is 0.179. The molecule has 0 atom stereocenters. The summed E-state index contributed by atoms with van der Waals surface area (Å²) in [5.74, 6) is 5.47. The van der Waals surface area contributed by atoms with E-state index in [1.54, 1.807) is 12.3 Å². The Hall–Kier alpha value is -2.38. The van der Waals surface area contributed by atoms with Crippen molar-refractivity contribution in [1.29, 1.82) is 0 Å². The van der Waals surface area contributed by atoms with Crippen molar-refractivity contribution in [3.63, 3.8) is 0 Å². The molecule has 1 heterocycles. The van der Waals surface area contributed by atoms with Crippen molar-refractivity contribution in [2.45, 2.75) is 6.54 Å². The third kappa shape index (κ3) is 2.84. The van der Waals surface area contributed by atoms with Crippen LogP contribution in [0.3, 0.4) is 0 Å². The van der Waals surface area contributed by atoms with Crippen molar-refractivity contribution >= 4 is 0 Å². The topological polar surface area (TPSA) is 55.1 Å². The fourth-order valence-corrected chi connectivity index (χ4v) is 1.61. The summed E-state index contributed by atoms with van der Waals surface area (Å²) in [6, 6.07) is 9.24. The maximum atomic E-state index is 11.5. The molecule has 0 saturated carbocycles. The molecular formula is C14H12N2O2. The first-order valence-corrected chi connectivity index (χ1v) is 5.50. The second-order valence-corrected chi connectivity index (χ2v) is 3.65. The normalized spacial score (nSPS) is 9.61. The Kier molecular flexibility index (Phi) is 3.90. The van der Waals surface area contributed by atoms with Gasteiger partial charge in [-0.05, 0) is 17.7 Å². The van der Waals surface area contributed by atoms with Gasteiger partial charge in [0.25, 0.3) is 0 Å². The number of nitrogens with zero attached hydrogens (tertiary/aromatic N) is 2. The third-order valence-corrected chi connectivity index (χ3v) is 2.44. The molecule has 4 nitrogen and oxygen atoms in total. The highest BCUT2D eigenvalue weighted by molar-refractivity contribution is 5.41. The predicted molar refractivity (Wildman–Crippen MR) is 68.0 cm³/mol. The molecule has 0 saturated heterocycles. The summed E-state index contributed by atoms with van der Waals surface area (Å²) >= 11 is 0. The molecule has 1 aromatic carbocycles. The van der Waals surface area contributed by atoms with Crippen molar-refractivity contribution < 1.29 is 5.11 Å². The van der Waals surface area contributed by atoms with Crippen LogP contribution in [-0.2, 0) is 6.54 Å². The van der Waals surface area contributed by atoms with Crippen LogP contribution < -0.4 is 5.69 Å². The lowest BCUT2D eigenvalue weighted by molar-refractivity contribution is 0.350. The van der Waals surface area contributed by atoms with E-state index in [-0.39, 0.29) is 12.3 Å². The number of hydrogen-bond donors (Lipinski definition) is 1. The van der Waals surface area contributed by atoms with Gasteiger partial charge in [-0.1, -0.05) is 30.0 Å². The minimum atomic E-state index is -0.289. The molecule has 0 aliphatic carbocycles. The van der Waals surface area contributed by atoms with Crippen LogP contribution in [0.15, 0.2) is 47.5 Å². The Morgan fingerprint density at radius 1 is 1.28 bits per heavy atom. The van der Waals surface area contributed by atoms with E-state index >= 15 is 0 Å². The van der Waals surface area contributed by atoms with Crippen LogP contribution in [0.4, 0.5) is 0 Å². The second-order valence-electron chi connectivity index (χ2n) is 3.65. The van der Waals surface area contributed by atoms with Gasteiger partial charge in [-0.2, -0.15) is 0 Å². The number of rotatable bonds is 2. The first-order valence-electron chi connectivity index (χ1n) is 5.50. The monoisotopic (exact) mass is 240 g/mol. The van der Waals surface area contributed by atoms with E-state index in [2.05, 4.69) is 16.8 Å². The Labute approximate surface area is 105 Å². The van der Waals surface area contributed by atoms with Crippen LogP contribution in [0.1, 0.15) is 11.1 Å². The van der Waals surface area contributed by atoms with E-state index < -0.39 is 0 Å². The molecule has 0 amide bonds. The molecule has 0 aliphatic heterocycles. The lowest BCUT2D eigenvalue weighted by Crippen LogP contribution is -2.22. The Morgan fingerprint density at radius 2 is 2.11 bits per heavy atom. The zero-order valence-electron chi connectivity index (χ0n) is 9.71. The summed E-state index contributed by atoms with van der Waals surface area (Å²) in [6.07, 6.45) is 3.15. The molecule has 0 radical (unpaired) electrons. The quantitative estimate of drug-likeness (QED) is 0.783. The van der Waals surface area contributed by atoms with E-state index in [0.29, 0.717) is 6.54 Å². The Balaban J connectivity index is 2.35. The van der Waals surface area contributed by atoms with Gasteiger partial charge in [-0.3, -0.25) is 4.57 Å². The van der Waals surface area contributed by atoms with Crippen molar-refractivity contribution in [1.82, 2.24) is 9.55 Å². The molecule has 2 aromatic rings. The van der Waals surface area contributed by atoms with Gasteiger partial charge in [0.05, 0.1) is 6.54 Å². The summed E-state index contributed by atoms with van der Waals surface area (Å²) in [5, 5.41) is 8.71. The minimum Gasteiger partial charge on any atom is -0.384 e. The molecule has 0 bridgehead atoms. The molecule has 1 aromatic heterocycles. The molecule has 0 spiro atoms. The largest absolute Gasteiger partial charge is 0.384 e. The van der Waals surface area contributed by atoms with E-state index in [1.165, 1.54) is 10.8 Å². The summed E-state index contributed by atoms with van der Waals surface area (Å²) in [4.78, 5) is 15.2. The maximum absolute atomic E-state index is 11.5.